The van der Waals surface area contributed by atoms with Crippen LogP contribution in [-0.2, 0) is 0 Å². The highest BCUT2D eigenvalue weighted by Gasteiger charge is 1.59. The second-order valence-electron chi connectivity index (χ2n) is 0.468. The van der Waals surface area contributed by atoms with Gasteiger partial charge < -0.3 is 0 Å². The minimum absolute atomic E-state index is 0.524. The average molecular weight is 93.5 g/mol. The molecule has 0 aromatic rings. The fourth-order valence-electron chi connectivity index (χ4n) is 0.0292. The molecule has 2 heteroatoms. The van der Waals surface area contributed by atoms with Gasteiger partial charge in [0.2, 0.25) is 0 Å². The van der Waals surface area contributed by atoms with Crippen LogP contribution in [0.1, 0.15) is 0 Å². The molecule has 0 saturated heterocycles. The molecule has 0 N–H and O–H groups in total. The molecule has 0 amide bonds. The van der Waals surface area contributed by atoms with Crippen LogP contribution in [0.5, 0.6) is 0 Å². The van der Waals surface area contributed by atoms with E-state index >= 15 is 0 Å². The minimum Gasteiger partial charge on any atom is -0.247 e. The minimum atomic E-state index is -0.524. The summed E-state index contributed by atoms with van der Waals surface area (Å²) in [7, 11) is 0. The third kappa shape index (κ3) is 3.96. The fraction of sp³-hybridized carbons (Fsp3) is 0.333. The summed E-state index contributed by atoms with van der Waals surface area (Å²) in [5.41, 5.74) is 1.99. The highest BCUT2D eigenvalue weighted by molar-refractivity contribution is 6.22. The molecule has 0 bridgehead atoms. The Kier molecular flexibility index (Phi) is 3.93. The summed E-state index contributed by atoms with van der Waals surface area (Å²) in [6, 6.07) is 0. The first-order valence-electron chi connectivity index (χ1n) is 1.15. The van der Waals surface area contributed by atoms with Crippen LogP contribution in [0.25, 0.3) is 0 Å². The summed E-state index contributed by atoms with van der Waals surface area (Å²) in [6.07, 6.45) is 1.10. The van der Waals surface area contributed by atoms with Crippen LogP contribution in [0.3, 0.4) is 0 Å². The number of halogens is 2. The van der Waals surface area contributed by atoms with Gasteiger partial charge in [0.05, 0.1) is 5.54 Å². The monoisotopic (exact) mass is 93.0 g/mol. The fourth-order valence-corrected chi connectivity index (χ4v) is 0.0875. The lowest BCUT2D eigenvalue weighted by molar-refractivity contribution is 0.561. The Balaban J connectivity index is 2.62. The number of hydrogen-bond donors (Lipinski definition) is 0. The van der Waals surface area contributed by atoms with Crippen LogP contribution in [0.15, 0.2) is 6.08 Å². The molecule has 0 fully saturated rings. The van der Waals surface area contributed by atoms with Crippen molar-refractivity contribution in [2.45, 2.75) is 0 Å². The lowest BCUT2D eigenvalue weighted by Gasteiger charge is -1.59. The van der Waals surface area contributed by atoms with Gasteiger partial charge in [-0.3, -0.25) is 0 Å². The molecule has 0 atom stereocenters. The van der Waals surface area contributed by atoms with Crippen molar-refractivity contribution in [1.29, 1.82) is 0 Å². The van der Waals surface area contributed by atoms with Crippen LogP contribution >= 0.6 is 11.6 Å². The molecule has 0 aliphatic heterocycles. The van der Waals surface area contributed by atoms with Gasteiger partial charge in [0.25, 0.3) is 0 Å². The Morgan fingerprint density at radius 3 is 2.60 bits per heavy atom. The Bertz CT molecular complexity index is 33.9. The van der Waals surface area contributed by atoms with Crippen molar-refractivity contribution in [2.24, 2.45) is 0 Å². The van der Waals surface area contributed by atoms with Crippen molar-refractivity contribution in [1.82, 2.24) is 0 Å². The average Bonchev–Trinajstić information content (AvgIpc) is 1.41. The largest absolute Gasteiger partial charge is 0.247 e. The van der Waals surface area contributed by atoms with E-state index in [4.69, 9.17) is 11.6 Å². The van der Waals surface area contributed by atoms with Gasteiger partial charge in [0.1, 0.15) is 6.67 Å². The van der Waals surface area contributed by atoms with E-state index in [1.165, 1.54) is 0 Å². The van der Waals surface area contributed by atoms with Gasteiger partial charge in [-0.25, -0.2) is 4.39 Å². The first-order chi connectivity index (χ1) is 2.41. The van der Waals surface area contributed by atoms with Gasteiger partial charge in [-0.05, 0) is 6.08 Å². The van der Waals surface area contributed by atoms with Crippen molar-refractivity contribution in [3.63, 3.8) is 0 Å². The van der Waals surface area contributed by atoms with Crippen molar-refractivity contribution < 1.29 is 4.39 Å². The normalized spacial score (nSPS) is 10.0. The summed E-state index contributed by atoms with van der Waals surface area (Å²) >= 11 is 4.76. The number of hydrogen-bond acceptors (Lipinski definition) is 0. The SMILES string of the molecule is FC/C=[C]/Cl. The van der Waals surface area contributed by atoms with E-state index in [2.05, 4.69) is 0 Å². The number of rotatable bonds is 1. The predicted octanol–water partition coefficient (Wildman–Crippen LogP) is 1.51. The van der Waals surface area contributed by atoms with Crippen LogP contribution in [0.2, 0.25) is 0 Å². The van der Waals surface area contributed by atoms with E-state index < -0.39 is 6.67 Å². The van der Waals surface area contributed by atoms with Crippen molar-refractivity contribution in [2.75, 3.05) is 6.67 Å². The molecular formula is C3H3ClF. The topological polar surface area (TPSA) is 0 Å². The van der Waals surface area contributed by atoms with Crippen LogP contribution in [0.4, 0.5) is 4.39 Å². The Morgan fingerprint density at radius 1 is 2.00 bits per heavy atom. The number of alkyl halides is 1. The molecule has 0 aliphatic rings. The van der Waals surface area contributed by atoms with E-state index in [-0.39, 0.29) is 0 Å². The van der Waals surface area contributed by atoms with Gasteiger partial charge in [0.15, 0.2) is 0 Å². The molecule has 0 heterocycles. The summed E-state index contributed by atoms with van der Waals surface area (Å²) in [6.45, 7) is -0.524. The first-order valence-corrected chi connectivity index (χ1v) is 1.53. The van der Waals surface area contributed by atoms with Crippen LogP contribution in [0, 0.1) is 5.54 Å². The zero-order valence-electron chi connectivity index (χ0n) is 2.54. The van der Waals surface area contributed by atoms with E-state index in [9.17, 15) is 4.39 Å². The van der Waals surface area contributed by atoms with Gasteiger partial charge in [-0.15, -0.1) is 0 Å². The zero-order chi connectivity index (χ0) is 4.12. The second kappa shape index (κ2) is 3.96. The predicted molar refractivity (Wildman–Crippen MR) is 19.6 cm³/mol. The molecule has 29 valence electrons. The maximum absolute atomic E-state index is 10.8. The first kappa shape index (κ1) is 4.96. The van der Waals surface area contributed by atoms with Gasteiger partial charge in [-0.1, -0.05) is 11.6 Å². The Morgan fingerprint density at radius 2 is 2.60 bits per heavy atom. The third-order valence-electron chi connectivity index (χ3n) is 0.154. The molecule has 0 spiro atoms. The molecule has 0 unspecified atom stereocenters. The maximum atomic E-state index is 10.8. The van der Waals surface area contributed by atoms with Gasteiger partial charge >= 0.3 is 0 Å². The molecule has 5 heavy (non-hydrogen) atoms. The molecule has 0 rings (SSSR count). The van der Waals surface area contributed by atoms with E-state index in [0.717, 1.165) is 6.08 Å². The molecule has 1 radical (unpaired) electrons. The van der Waals surface area contributed by atoms with Crippen molar-refractivity contribution in [3.05, 3.63) is 11.6 Å². The van der Waals surface area contributed by atoms with Crippen LogP contribution < -0.4 is 0 Å². The molecule has 0 saturated carbocycles. The van der Waals surface area contributed by atoms with Gasteiger partial charge in [0, 0.05) is 0 Å². The van der Waals surface area contributed by atoms with E-state index in [0.29, 0.717) is 0 Å². The highest BCUT2D eigenvalue weighted by Crippen LogP contribution is 1.73. The Hall–Kier alpha value is -0.0400. The zero-order valence-corrected chi connectivity index (χ0v) is 3.30. The third-order valence-corrected chi connectivity index (χ3v) is 0.309. The summed E-state index contributed by atoms with van der Waals surface area (Å²) in [5, 5.41) is 0. The summed E-state index contributed by atoms with van der Waals surface area (Å²) in [4.78, 5) is 0. The highest BCUT2D eigenvalue weighted by atomic mass is 35.5. The molecule has 0 aliphatic carbocycles. The van der Waals surface area contributed by atoms with E-state index in [1.807, 2.05) is 5.54 Å². The quantitative estimate of drug-likeness (QED) is 0.461. The van der Waals surface area contributed by atoms with Gasteiger partial charge in [-0.2, -0.15) is 0 Å². The summed E-state index contributed by atoms with van der Waals surface area (Å²) < 4.78 is 10.8. The van der Waals surface area contributed by atoms with E-state index in [1.54, 1.807) is 0 Å². The lowest BCUT2D eigenvalue weighted by atomic mass is 10.7. The maximum Gasteiger partial charge on any atom is 0.109 e. The second-order valence-corrected chi connectivity index (χ2v) is 0.686. The number of allylic oxidation sites excluding steroid dienone is 1. The van der Waals surface area contributed by atoms with Crippen molar-refractivity contribution >= 4 is 11.6 Å². The molecular weight excluding hydrogens is 90.5 g/mol. The standard InChI is InChI=1S/C3H3ClF/c4-2-1-3-5/h1H,3H2. The smallest absolute Gasteiger partial charge is 0.109 e. The van der Waals surface area contributed by atoms with Crippen LogP contribution in [-0.4, -0.2) is 6.67 Å². The molecule has 0 nitrogen and oxygen atoms in total. The molecule has 0 aromatic heterocycles. The molecule has 0 aromatic carbocycles. The van der Waals surface area contributed by atoms with Crippen molar-refractivity contribution in [3.8, 4) is 0 Å². The Labute approximate surface area is 35.2 Å². The lowest BCUT2D eigenvalue weighted by Crippen LogP contribution is -1.52. The summed E-state index contributed by atoms with van der Waals surface area (Å²) in [5.74, 6) is 0.